The fourth-order valence-corrected chi connectivity index (χ4v) is 3.65. The van der Waals surface area contributed by atoms with Crippen LogP contribution in [0.1, 0.15) is 17.5 Å². The predicted octanol–water partition coefficient (Wildman–Crippen LogP) is 1.69. The van der Waals surface area contributed by atoms with Crippen molar-refractivity contribution in [2.45, 2.75) is 17.6 Å². The van der Waals surface area contributed by atoms with Gasteiger partial charge in [-0.2, -0.15) is 0 Å². The van der Waals surface area contributed by atoms with Crippen LogP contribution in [0.3, 0.4) is 0 Å². The first-order valence-electron chi connectivity index (χ1n) is 7.70. The van der Waals surface area contributed by atoms with Crippen LogP contribution in [0.2, 0.25) is 5.02 Å². The molecule has 2 aromatic carbocycles. The van der Waals surface area contributed by atoms with Gasteiger partial charge in [0.1, 0.15) is 5.60 Å². The number of nitrogens with zero attached hydrogens (tertiary/aromatic N) is 1. The van der Waals surface area contributed by atoms with Crippen LogP contribution in [-0.4, -0.2) is 28.5 Å². The van der Waals surface area contributed by atoms with E-state index >= 15 is 0 Å². The molecule has 2 aromatic rings. The van der Waals surface area contributed by atoms with Crippen molar-refractivity contribution in [1.29, 1.82) is 0 Å². The summed E-state index contributed by atoms with van der Waals surface area (Å²) in [5.74, 6) is -0.763. The van der Waals surface area contributed by atoms with E-state index in [4.69, 9.17) is 23.1 Å². The summed E-state index contributed by atoms with van der Waals surface area (Å²) in [5, 5.41) is 11.7. The van der Waals surface area contributed by atoms with Gasteiger partial charge in [-0.3, -0.25) is 4.79 Å². The third kappa shape index (κ3) is 2.73. The minimum atomic E-state index is -1.55. The minimum absolute atomic E-state index is 0.0933. The van der Waals surface area contributed by atoms with Crippen molar-refractivity contribution in [3.63, 3.8) is 0 Å². The molecule has 1 fully saturated rings. The molecule has 0 aromatic heterocycles. The smallest absolute Gasteiger partial charge is 0.316 e. The lowest BCUT2D eigenvalue weighted by atomic mass is 9.80. The Kier molecular flexibility index (Phi) is 4.18. The number of carbonyl (C=O) groups excluding carboxylic acids is 2. The van der Waals surface area contributed by atoms with Crippen molar-refractivity contribution in [1.82, 2.24) is 4.90 Å². The minimum Gasteiger partial charge on any atom is -0.383 e. The first-order valence-corrected chi connectivity index (χ1v) is 8.08. The van der Waals surface area contributed by atoms with Crippen molar-refractivity contribution in [2.75, 3.05) is 6.54 Å². The van der Waals surface area contributed by atoms with Gasteiger partial charge >= 0.3 is 6.03 Å². The molecular weight excluding hydrogens is 342 g/mol. The normalized spacial score (nSPS) is 25.8. The van der Waals surface area contributed by atoms with E-state index in [0.29, 0.717) is 16.1 Å². The molecule has 1 aliphatic heterocycles. The number of likely N-dealkylation sites (tertiary alicyclic amines) is 1. The van der Waals surface area contributed by atoms with E-state index in [-0.39, 0.29) is 13.0 Å². The standard InChI is InChI=1S/C18H18ClN3O3/c19-14-8-6-13(7-9-14)18(15(20)23)10-17(25,11-22(18)16(21)24)12-4-2-1-3-5-12/h1-9,25H,10-11H2,(H2,20,23)(H2,21,24). The molecule has 7 heteroatoms. The Bertz CT molecular complexity index is 812. The zero-order valence-electron chi connectivity index (χ0n) is 13.4. The molecule has 25 heavy (non-hydrogen) atoms. The average molecular weight is 360 g/mol. The van der Waals surface area contributed by atoms with Crippen LogP contribution in [0.15, 0.2) is 54.6 Å². The van der Waals surface area contributed by atoms with Crippen molar-refractivity contribution >= 4 is 23.5 Å². The third-order valence-corrected chi connectivity index (χ3v) is 4.99. The predicted molar refractivity (Wildman–Crippen MR) is 93.6 cm³/mol. The third-order valence-electron chi connectivity index (χ3n) is 4.74. The Balaban J connectivity index is 2.17. The largest absolute Gasteiger partial charge is 0.383 e. The maximum absolute atomic E-state index is 12.5. The summed E-state index contributed by atoms with van der Waals surface area (Å²) < 4.78 is 0. The van der Waals surface area contributed by atoms with Crippen LogP contribution >= 0.6 is 11.6 Å². The number of halogens is 1. The van der Waals surface area contributed by atoms with Crippen LogP contribution in [0.25, 0.3) is 0 Å². The molecule has 1 saturated heterocycles. The quantitative estimate of drug-likeness (QED) is 0.775. The maximum atomic E-state index is 12.5. The molecule has 130 valence electrons. The Morgan fingerprint density at radius 1 is 1.00 bits per heavy atom. The zero-order chi connectivity index (χ0) is 18.2. The van der Waals surface area contributed by atoms with Crippen LogP contribution in [-0.2, 0) is 15.9 Å². The monoisotopic (exact) mass is 359 g/mol. The molecule has 0 saturated carbocycles. The number of hydrogen-bond donors (Lipinski definition) is 3. The number of carbonyl (C=O) groups is 2. The Labute approximate surface area is 150 Å². The van der Waals surface area contributed by atoms with Gasteiger partial charge < -0.3 is 21.5 Å². The van der Waals surface area contributed by atoms with Crippen molar-refractivity contribution in [3.05, 3.63) is 70.7 Å². The van der Waals surface area contributed by atoms with Gasteiger partial charge in [-0.05, 0) is 23.3 Å². The fraction of sp³-hybridized carbons (Fsp3) is 0.222. The highest BCUT2D eigenvalue weighted by atomic mass is 35.5. The van der Waals surface area contributed by atoms with E-state index in [0.717, 1.165) is 4.90 Å². The number of β-amino-alcohol motifs (C(OH)–C–C–N with tert-alkyl or cyclic N) is 1. The molecule has 2 unspecified atom stereocenters. The molecule has 6 nitrogen and oxygen atoms in total. The van der Waals surface area contributed by atoms with Gasteiger partial charge in [-0.15, -0.1) is 0 Å². The summed E-state index contributed by atoms with van der Waals surface area (Å²) in [6, 6.07) is 14.4. The summed E-state index contributed by atoms with van der Waals surface area (Å²) in [4.78, 5) is 25.7. The van der Waals surface area contributed by atoms with Gasteiger partial charge in [0, 0.05) is 11.4 Å². The fourth-order valence-electron chi connectivity index (χ4n) is 3.52. The number of rotatable bonds is 3. The lowest BCUT2D eigenvalue weighted by Crippen LogP contribution is -2.55. The number of aliphatic hydroxyl groups is 1. The van der Waals surface area contributed by atoms with Crippen LogP contribution < -0.4 is 11.5 Å². The van der Waals surface area contributed by atoms with Gasteiger partial charge in [-0.25, -0.2) is 4.79 Å². The summed E-state index contributed by atoms with van der Waals surface area (Å²) in [7, 11) is 0. The average Bonchev–Trinajstić information content (AvgIpc) is 2.93. The first-order chi connectivity index (χ1) is 11.8. The van der Waals surface area contributed by atoms with Gasteiger partial charge in [0.15, 0.2) is 5.54 Å². The second-order valence-corrected chi connectivity index (χ2v) is 6.67. The molecule has 0 radical (unpaired) electrons. The van der Waals surface area contributed by atoms with Crippen molar-refractivity contribution in [2.24, 2.45) is 11.5 Å². The van der Waals surface area contributed by atoms with E-state index in [9.17, 15) is 14.7 Å². The molecule has 0 aliphatic carbocycles. The van der Waals surface area contributed by atoms with Crippen LogP contribution in [0.5, 0.6) is 0 Å². The van der Waals surface area contributed by atoms with E-state index in [2.05, 4.69) is 0 Å². The highest BCUT2D eigenvalue weighted by Crippen LogP contribution is 2.47. The summed E-state index contributed by atoms with van der Waals surface area (Å²) >= 11 is 5.92. The van der Waals surface area contributed by atoms with Crippen molar-refractivity contribution < 1.29 is 14.7 Å². The molecule has 5 N–H and O–H groups in total. The zero-order valence-corrected chi connectivity index (χ0v) is 14.1. The highest BCUT2D eigenvalue weighted by molar-refractivity contribution is 6.30. The van der Waals surface area contributed by atoms with E-state index in [1.165, 1.54) is 0 Å². The van der Waals surface area contributed by atoms with Crippen LogP contribution in [0.4, 0.5) is 4.79 Å². The lowest BCUT2D eigenvalue weighted by molar-refractivity contribution is -0.128. The molecule has 3 amide bonds. The molecule has 0 spiro atoms. The number of primary amides is 2. The maximum Gasteiger partial charge on any atom is 0.316 e. The molecule has 0 bridgehead atoms. The van der Waals surface area contributed by atoms with Gasteiger partial charge in [-0.1, -0.05) is 54.1 Å². The first kappa shape index (κ1) is 17.3. The Morgan fingerprint density at radius 3 is 2.12 bits per heavy atom. The number of benzene rings is 2. The molecule has 1 heterocycles. The number of nitrogens with two attached hydrogens (primary N) is 2. The summed E-state index contributed by atoms with van der Waals surface area (Å²) in [6.45, 7) is -0.141. The number of urea groups is 1. The SMILES string of the molecule is NC(=O)N1CC(O)(c2ccccc2)CC1(C(N)=O)c1ccc(Cl)cc1. The van der Waals surface area contributed by atoms with Gasteiger partial charge in [0.2, 0.25) is 5.91 Å². The summed E-state index contributed by atoms with van der Waals surface area (Å²) in [5.41, 5.74) is 9.24. The van der Waals surface area contributed by atoms with E-state index in [1.54, 1.807) is 48.5 Å². The highest BCUT2D eigenvalue weighted by Gasteiger charge is 2.59. The molecule has 3 rings (SSSR count). The second kappa shape index (κ2) is 6.06. The molecule has 1 aliphatic rings. The summed E-state index contributed by atoms with van der Waals surface area (Å²) in [6.07, 6.45) is -0.0933. The number of hydrogen-bond acceptors (Lipinski definition) is 3. The second-order valence-electron chi connectivity index (χ2n) is 6.23. The van der Waals surface area contributed by atoms with Crippen molar-refractivity contribution in [3.8, 4) is 0 Å². The Morgan fingerprint density at radius 2 is 1.60 bits per heavy atom. The van der Waals surface area contributed by atoms with E-state index in [1.807, 2.05) is 6.07 Å². The molecule has 2 atom stereocenters. The topological polar surface area (TPSA) is 110 Å². The van der Waals surface area contributed by atoms with Gasteiger partial charge in [0.05, 0.1) is 6.54 Å². The lowest BCUT2D eigenvalue weighted by Gasteiger charge is -2.34. The number of amides is 3. The van der Waals surface area contributed by atoms with Gasteiger partial charge in [0.25, 0.3) is 0 Å². The van der Waals surface area contributed by atoms with Crippen LogP contribution in [0, 0.1) is 0 Å². The van der Waals surface area contributed by atoms with E-state index < -0.39 is 23.1 Å². The Hall–Kier alpha value is -2.57. The molecular formula is C18H18ClN3O3.